The first-order valence-electron chi connectivity index (χ1n) is 6.97. The highest BCUT2D eigenvalue weighted by atomic mass is 35.5. The van der Waals surface area contributed by atoms with Crippen molar-refractivity contribution in [1.29, 1.82) is 0 Å². The fraction of sp³-hybridized carbons (Fsp3) is 0. The Kier molecular flexibility index (Phi) is 6.38. The molecule has 0 bridgehead atoms. The van der Waals surface area contributed by atoms with Crippen LogP contribution in [0.2, 0.25) is 15.1 Å². The van der Waals surface area contributed by atoms with E-state index in [9.17, 15) is 23.1 Å². The summed E-state index contributed by atoms with van der Waals surface area (Å²) in [7, 11) is -4.15. The number of ketones is 1. The average molecular weight is 451 g/mol. The number of sulfonamides is 1. The molecule has 0 unspecified atom stereocenters. The molecule has 0 aliphatic carbocycles. The zero-order valence-electron chi connectivity index (χ0n) is 13.1. The molecule has 0 amide bonds. The number of carboxylic acid groups (broad SMARTS) is 1. The van der Waals surface area contributed by atoms with E-state index < -0.39 is 27.5 Å². The molecule has 2 aromatic rings. The van der Waals surface area contributed by atoms with E-state index in [-0.39, 0.29) is 31.2 Å². The third-order valence-corrected chi connectivity index (χ3v) is 5.72. The van der Waals surface area contributed by atoms with E-state index in [0.29, 0.717) is 6.08 Å². The minimum absolute atomic E-state index is 0.0112. The van der Waals surface area contributed by atoms with Crippen molar-refractivity contribution < 1.29 is 28.2 Å². The van der Waals surface area contributed by atoms with Gasteiger partial charge in [-0.2, -0.15) is 0 Å². The number of nitrogens with one attached hydrogen (secondary N) is 1. The maximum absolute atomic E-state index is 12.5. The number of benzene rings is 2. The number of halogens is 3. The van der Waals surface area contributed by atoms with Crippen LogP contribution in [0.3, 0.4) is 0 Å². The van der Waals surface area contributed by atoms with E-state index in [4.69, 9.17) is 39.9 Å². The molecule has 11 heteroatoms. The molecule has 142 valence electrons. The number of rotatable bonds is 6. The van der Waals surface area contributed by atoms with Gasteiger partial charge in [0.25, 0.3) is 15.8 Å². The summed E-state index contributed by atoms with van der Waals surface area (Å²) in [5.74, 6) is -3.72. The van der Waals surface area contributed by atoms with Gasteiger partial charge in [-0.25, -0.2) is 13.2 Å². The lowest BCUT2D eigenvalue weighted by Gasteiger charge is -2.11. The van der Waals surface area contributed by atoms with E-state index in [1.165, 1.54) is 30.3 Å². The van der Waals surface area contributed by atoms with Gasteiger partial charge < -0.3 is 10.2 Å². The third-order valence-electron chi connectivity index (χ3n) is 3.15. The van der Waals surface area contributed by atoms with Crippen molar-refractivity contribution >= 4 is 68.0 Å². The van der Waals surface area contributed by atoms with Crippen molar-refractivity contribution in [2.75, 3.05) is 4.72 Å². The second-order valence-electron chi connectivity index (χ2n) is 5.08. The third kappa shape index (κ3) is 5.14. The largest absolute Gasteiger partial charge is 0.507 e. The molecule has 27 heavy (non-hydrogen) atoms. The van der Waals surface area contributed by atoms with Crippen molar-refractivity contribution in [3.05, 3.63) is 63.1 Å². The molecular weight excluding hydrogens is 441 g/mol. The number of anilines is 1. The summed E-state index contributed by atoms with van der Waals surface area (Å²) in [6.07, 6.45) is 0.506. The van der Waals surface area contributed by atoms with Crippen LogP contribution in [0.5, 0.6) is 0 Å². The van der Waals surface area contributed by atoms with Gasteiger partial charge in [0.2, 0.25) is 0 Å². The molecule has 3 N–H and O–H groups in total. The molecular formula is C16H10Cl3NO6S. The Morgan fingerprint density at radius 3 is 2.22 bits per heavy atom. The number of aliphatic hydroxyl groups is 1. The molecule has 0 aromatic heterocycles. The van der Waals surface area contributed by atoms with Gasteiger partial charge in [0, 0.05) is 17.3 Å². The lowest BCUT2D eigenvalue weighted by molar-refractivity contribution is -0.146. The molecule has 2 rings (SSSR count). The molecule has 0 saturated heterocycles. The summed E-state index contributed by atoms with van der Waals surface area (Å²) in [5, 5.41) is 18.3. The highest BCUT2D eigenvalue weighted by Crippen LogP contribution is 2.32. The lowest BCUT2D eigenvalue weighted by Crippen LogP contribution is -2.14. The predicted octanol–water partition coefficient (Wildman–Crippen LogP) is 4.00. The monoisotopic (exact) mass is 449 g/mol. The Hall–Kier alpha value is -2.26. The zero-order valence-corrected chi connectivity index (χ0v) is 16.2. The van der Waals surface area contributed by atoms with Gasteiger partial charge in [-0.3, -0.25) is 9.52 Å². The molecule has 0 aliphatic heterocycles. The Balaban J connectivity index is 2.37. The van der Waals surface area contributed by atoms with Crippen LogP contribution in [0.15, 0.2) is 47.4 Å². The standard InChI is InChI=1S/C16H10Cl3NO6S/c17-10-5-12(19)15(6-11(10)18)27(25,26)20-9-3-1-2-8(4-9)13(21)7-14(22)16(23)24/h1-7,20-21H,(H,23,24). The van der Waals surface area contributed by atoms with Gasteiger partial charge in [0.15, 0.2) is 0 Å². The van der Waals surface area contributed by atoms with Crippen LogP contribution < -0.4 is 4.72 Å². The Morgan fingerprint density at radius 2 is 1.59 bits per heavy atom. The van der Waals surface area contributed by atoms with Gasteiger partial charge >= 0.3 is 5.97 Å². The van der Waals surface area contributed by atoms with Gasteiger partial charge in [0.05, 0.1) is 15.1 Å². The quantitative estimate of drug-likeness (QED) is 0.265. The van der Waals surface area contributed by atoms with Crippen molar-refractivity contribution in [1.82, 2.24) is 0 Å². The maximum atomic E-state index is 12.5. The van der Waals surface area contributed by atoms with Crippen LogP contribution in [-0.4, -0.2) is 30.4 Å². The minimum atomic E-state index is -4.15. The lowest BCUT2D eigenvalue weighted by atomic mass is 10.1. The molecule has 0 aliphatic rings. The Labute approximate surface area is 168 Å². The molecule has 7 nitrogen and oxygen atoms in total. The molecule has 0 radical (unpaired) electrons. The molecule has 0 spiro atoms. The van der Waals surface area contributed by atoms with Gasteiger partial charge in [0.1, 0.15) is 10.7 Å². The molecule has 0 heterocycles. The number of carbonyl (C=O) groups excluding carboxylic acids is 1. The molecule has 0 saturated carbocycles. The Morgan fingerprint density at radius 1 is 0.963 bits per heavy atom. The van der Waals surface area contributed by atoms with Gasteiger partial charge in [-0.05, 0) is 24.3 Å². The second-order valence-corrected chi connectivity index (χ2v) is 7.95. The highest BCUT2D eigenvalue weighted by Gasteiger charge is 2.20. The number of hydrogen-bond acceptors (Lipinski definition) is 5. The predicted molar refractivity (Wildman–Crippen MR) is 102 cm³/mol. The minimum Gasteiger partial charge on any atom is -0.507 e. The van der Waals surface area contributed by atoms with E-state index >= 15 is 0 Å². The van der Waals surface area contributed by atoms with E-state index in [2.05, 4.69) is 4.72 Å². The highest BCUT2D eigenvalue weighted by molar-refractivity contribution is 7.92. The van der Waals surface area contributed by atoms with E-state index in [1.807, 2.05) is 0 Å². The van der Waals surface area contributed by atoms with Crippen molar-refractivity contribution in [2.45, 2.75) is 4.90 Å². The normalized spacial score (nSPS) is 11.9. The number of aliphatic hydroxyl groups excluding tert-OH is 1. The number of hydrogen-bond donors (Lipinski definition) is 3. The number of carboxylic acids is 1. The fourth-order valence-electron chi connectivity index (χ4n) is 1.93. The van der Waals surface area contributed by atoms with E-state index in [1.54, 1.807) is 0 Å². The SMILES string of the molecule is O=C(O)C(=O)C=C(O)c1cccc(NS(=O)(=O)c2cc(Cl)c(Cl)cc2Cl)c1. The topological polar surface area (TPSA) is 121 Å². The van der Waals surface area contributed by atoms with Crippen LogP contribution in [0, 0.1) is 0 Å². The summed E-state index contributed by atoms with van der Waals surface area (Å²) < 4.78 is 27.3. The van der Waals surface area contributed by atoms with Crippen LogP contribution in [0.4, 0.5) is 5.69 Å². The number of carbonyl (C=O) groups is 2. The first-order chi connectivity index (χ1) is 12.5. The van der Waals surface area contributed by atoms with Crippen molar-refractivity contribution in [3.8, 4) is 0 Å². The summed E-state index contributed by atoms with van der Waals surface area (Å²) >= 11 is 17.5. The number of aliphatic carboxylic acids is 1. The average Bonchev–Trinajstić information content (AvgIpc) is 2.57. The summed E-state index contributed by atoms with van der Waals surface area (Å²) in [6, 6.07) is 7.58. The van der Waals surface area contributed by atoms with Crippen LogP contribution >= 0.6 is 34.8 Å². The summed E-state index contributed by atoms with van der Waals surface area (Å²) in [5.41, 5.74) is 0.0439. The molecule has 2 aromatic carbocycles. The fourth-order valence-corrected chi connectivity index (χ4v) is 3.98. The van der Waals surface area contributed by atoms with Crippen LogP contribution in [0.1, 0.15) is 5.56 Å². The molecule has 0 fully saturated rings. The van der Waals surface area contributed by atoms with Crippen molar-refractivity contribution in [2.24, 2.45) is 0 Å². The molecule has 0 atom stereocenters. The second kappa shape index (κ2) is 8.18. The first-order valence-corrected chi connectivity index (χ1v) is 9.58. The van der Waals surface area contributed by atoms with Gasteiger partial charge in [-0.15, -0.1) is 0 Å². The first kappa shape index (κ1) is 21.0. The smallest absolute Gasteiger partial charge is 0.376 e. The summed E-state index contributed by atoms with van der Waals surface area (Å²) in [4.78, 5) is 21.4. The summed E-state index contributed by atoms with van der Waals surface area (Å²) in [6.45, 7) is 0. The van der Waals surface area contributed by atoms with Crippen LogP contribution in [-0.2, 0) is 19.6 Å². The van der Waals surface area contributed by atoms with E-state index in [0.717, 1.165) is 6.07 Å². The zero-order chi connectivity index (χ0) is 20.4. The Bertz CT molecular complexity index is 1070. The maximum Gasteiger partial charge on any atom is 0.376 e. The van der Waals surface area contributed by atoms with Crippen molar-refractivity contribution in [3.63, 3.8) is 0 Å². The van der Waals surface area contributed by atoms with Crippen LogP contribution in [0.25, 0.3) is 5.76 Å². The van der Waals surface area contributed by atoms with Gasteiger partial charge in [-0.1, -0.05) is 46.9 Å².